The summed E-state index contributed by atoms with van der Waals surface area (Å²) in [5.74, 6) is 0. The Hall–Kier alpha value is -0.540. The Labute approximate surface area is 77.5 Å². The van der Waals surface area contributed by atoms with Crippen molar-refractivity contribution in [3.05, 3.63) is 27.2 Å². The van der Waals surface area contributed by atoms with E-state index in [4.69, 9.17) is 17.3 Å². The summed E-state index contributed by atoms with van der Waals surface area (Å²) in [7, 11) is 0. The summed E-state index contributed by atoms with van der Waals surface area (Å²) in [6, 6.07) is 3.13. The molecule has 0 saturated carbocycles. The third-order valence-electron chi connectivity index (χ3n) is 1.24. The van der Waals surface area contributed by atoms with Gasteiger partial charge in [0.05, 0.1) is 5.02 Å². The number of halogens is 2. The summed E-state index contributed by atoms with van der Waals surface area (Å²) in [4.78, 5) is 10.3. The zero-order valence-electron chi connectivity index (χ0n) is 5.47. The van der Waals surface area contributed by atoms with Crippen LogP contribution in [0.4, 0.5) is 5.69 Å². The van der Waals surface area contributed by atoms with Gasteiger partial charge in [-0.05, 0) is 28.1 Å². The van der Waals surface area contributed by atoms with E-state index in [-0.39, 0.29) is 0 Å². The molecule has 0 amide bonds. The Morgan fingerprint density at radius 1 is 1.55 bits per heavy atom. The first kappa shape index (κ1) is 8.56. The molecule has 0 heterocycles. The molecule has 11 heavy (non-hydrogen) atoms. The van der Waals surface area contributed by atoms with E-state index < -0.39 is 0 Å². The summed E-state index contributed by atoms with van der Waals surface area (Å²) in [6.07, 6.45) is 0.687. The first-order valence-electron chi connectivity index (χ1n) is 2.85. The molecule has 0 saturated heterocycles. The normalized spacial score (nSPS) is 9.64. The van der Waals surface area contributed by atoms with E-state index in [0.717, 1.165) is 0 Å². The van der Waals surface area contributed by atoms with Crippen molar-refractivity contribution in [2.24, 2.45) is 0 Å². The first-order chi connectivity index (χ1) is 5.15. The maximum Gasteiger partial charge on any atom is 0.151 e. The number of rotatable bonds is 1. The van der Waals surface area contributed by atoms with Crippen LogP contribution in [0.1, 0.15) is 10.4 Å². The van der Waals surface area contributed by atoms with Crippen LogP contribution in [0.15, 0.2) is 16.6 Å². The highest BCUT2D eigenvalue weighted by molar-refractivity contribution is 9.10. The largest absolute Gasteiger partial charge is 0.398 e. The number of benzene rings is 1. The van der Waals surface area contributed by atoms with Gasteiger partial charge in [0.1, 0.15) is 0 Å². The van der Waals surface area contributed by atoms with Gasteiger partial charge in [0.25, 0.3) is 0 Å². The second-order valence-corrected chi connectivity index (χ2v) is 3.27. The molecular weight excluding hydrogens is 229 g/mol. The SMILES string of the molecule is Nc1cc(Cl)c(C=O)cc1Br. The molecule has 1 aromatic rings. The van der Waals surface area contributed by atoms with Gasteiger partial charge in [0, 0.05) is 15.7 Å². The minimum Gasteiger partial charge on any atom is -0.398 e. The predicted molar refractivity (Wildman–Crippen MR) is 49.0 cm³/mol. The molecule has 1 rings (SSSR count). The third-order valence-corrected chi connectivity index (χ3v) is 2.26. The van der Waals surface area contributed by atoms with Crippen molar-refractivity contribution >= 4 is 39.5 Å². The summed E-state index contributed by atoms with van der Waals surface area (Å²) < 4.78 is 0.684. The first-order valence-corrected chi connectivity index (χ1v) is 4.02. The molecule has 0 unspecified atom stereocenters. The van der Waals surface area contributed by atoms with Crippen molar-refractivity contribution in [2.45, 2.75) is 0 Å². The summed E-state index contributed by atoms with van der Waals surface area (Å²) in [5, 5.41) is 0.376. The van der Waals surface area contributed by atoms with Crippen LogP contribution in [0, 0.1) is 0 Å². The maximum absolute atomic E-state index is 10.3. The minimum absolute atomic E-state index is 0.376. The number of carbonyl (C=O) groups excluding carboxylic acids is 1. The predicted octanol–water partition coefficient (Wildman–Crippen LogP) is 2.50. The average Bonchev–Trinajstić information content (AvgIpc) is 1.97. The van der Waals surface area contributed by atoms with Crippen molar-refractivity contribution in [1.29, 1.82) is 0 Å². The fourth-order valence-corrected chi connectivity index (χ4v) is 1.25. The number of anilines is 1. The van der Waals surface area contributed by atoms with Gasteiger partial charge in [-0.2, -0.15) is 0 Å². The number of hydrogen-bond acceptors (Lipinski definition) is 2. The van der Waals surface area contributed by atoms with Crippen LogP contribution in [-0.4, -0.2) is 6.29 Å². The minimum atomic E-state index is 0.376. The second-order valence-electron chi connectivity index (χ2n) is 2.01. The van der Waals surface area contributed by atoms with E-state index in [9.17, 15) is 4.79 Å². The molecule has 2 N–H and O–H groups in total. The Morgan fingerprint density at radius 2 is 2.18 bits per heavy atom. The number of aldehydes is 1. The molecule has 0 spiro atoms. The number of carbonyl (C=O) groups is 1. The van der Waals surface area contributed by atoms with Gasteiger partial charge in [-0.1, -0.05) is 11.6 Å². The Kier molecular flexibility index (Phi) is 2.52. The topological polar surface area (TPSA) is 43.1 Å². The van der Waals surface area contributed by atoms with Gasteiger partial charge >= 0.3 is 0 Å². The van der Waals surface area contributed by atoms with E-state index in [1.807, 2.05) is 0 Å². The van der Waals surface area contributed by atoms with Crippen LogP contribution < -0.4 is 5.73 Å². The summed E-state index contributed by atoms with van der Waals surface area (Å²) in [6.45, 7) is 0. The van der Waals surface area contributed by atoms with Crippen molar-refractivity contribution in [2.75, 3.05) is 5.73 Å². The standard InChI is InChI=1S/C7H5BrClNO/c8-5-1-4(3-11)6(9)2-7(5)10/h1-3H,10H2. The quantitative estimate of drug-likeness (QED) is 0.599. The lowest BCUT2D eigenvalue weighted by Gasteiger charge is -2.00. The summed E-state index contributed by atoms with van der Waals surface area (Å²) >= 11 is 8.85. The van der Waals surface area contributed by atoms with Gasteiger partial charge in [-0.15, -0.1) is 0 Å². The molecule has 0 aliphatic heterocycles. The van der Waals surface area contributed by atoms with Gasteiger partial charge < -0.3 is 5.73 Å². The van der Waals surface area contributed by atoms with Crippen LogP contribution >= 0.6 is 27.5 Å². The Morgan fingerprint density at radius 3 is 2.73 bits per heavy atom. The molecule has 1 aromatic carbocycles. The van der Waals surface area contributed by atoms with E-state index in [2.05, 4.69) is 15.9 Å². The number of nitrogens with two attached hydrogens (primary N) is 1. The molecule has 58 valence electrons. The Balaban J connectivity index is 3.31. The molecule has 0 fully saturated rings. The van der Waals surface area contributed by atoms with Crippen molar-refractivity contribution in [1.82, 2.24) is 0 Å². The fraction of sp³-hybridized carbons (Fsp3) is 0. The van der Waals surface area contributed by atoms with Gasteiger partial charge in [-0.25, -0.2) is 0 Å². The lowest BCUT2D eigenvalue weighted by atomic mass is 10.2. The fourth-order valence-electron chi connectivity index (χ4n) is 0.668. The highest BCUT2D eigenvalue weighted by Crippen LogP contribution is 2.25. The number of nitrogen functional groups attached to an aromatic ring is 1. The highest BCUT2D eigenvalue weighted by Gasteiger charge is 2.02. The van der Waals surface area contributed by atoms with Crippen LogP contribution in [0.25, 0.3) is 0 Å². The van der Waals surface area contributed by atoms with E-state index >= 15 is 0 Å². The lowest BCUT2D eigenvalue weighted by molar-refractivity contribution is 0.112. The zero-order chi connectivity index (χ0) is 8.43. The van der Waals surface area contributed by atoms with Crippen LogP contribution in [-0.2, 0) is 0 Å². The van der Waals surface area contributed by atoms with Crippen LogP contribution in [0.5, 0.6) is 0 Å². The van der Waals surface area contributed by atoms with Crippen molar-refractivity contribution < 1.29 is 4.79 Å². The molecular formula is C7H5BrClNO. The molecule has 4 heteroatoms. The van der Waals surface area contributed by atoms with Gasteiger partial charge in [-0.3, -0.25) is 4.79 Å². The summed E-state index contributed by atoms with van der Waals surface area (Å²) in [5.41, 5.74) is 6.46. The van der Waals surface area contributed by atoms with E-state index in [0.29, 0.717) is 27.0 Å². The molecule has 2 nitrogen and oxygen atoms in total. The van der Waals surface area contributed by atoms with Gasteiger partial charge in [0.15, 0.2) is 6.29 Å². The smallest absolute Gasteiger partial charge is 0.151 e. The number of hydrogen-bond donors (Lipinski definition) is 1. The molecule has 0 aliphatic carbocycles. The molecule has 0 aliphatic rings. The molecule has 0 radical (unpaired) electrons. The lowest BCUT2D eigenvalue weighted by Crippen LogP contribution is -1.89. The van der Waals surface area contributed by atoms with Crippen molar-refractivity contribution in [3.8, 4) is 0 Å². The average molecular weight is 234 g/mol. The highest BCUT2D eigenvalue weighted by atomic mass is 79.9. The monoisotopic (exact) mass is 233 g/mol. The Bertz CT molecular complexity index is 301. The van der Waals surface area contributed by atoms with Crippen LogP contribution in [0.3, 0.4) is 0 Å². The molecule has 0 bridgehead atoms. The van der Waals surface area contributed by atoms with E-state index in [1.165, 1.54) is 6.07 Å². The van der Waals surface area contributed by atoms with Crippen molar-refractivity contribution in [3.63, 3.8) is 0 Å². The van der Waals surface area contributed by atoms with Crippen LogP contribution in [0.2, 0.25) is 5.02 Å². The maximum atomic E-state index is 10.3. The third kappa shape index (κ3) is 1.73. The molecule has 0 aromatic heterocycles. The van der Waals surface area contributed by atoms with E-state index in [1.54, 1.807) is 6.07 Å². The zero-order valence-corrected chi connectivity index (χ0v) is 7.82. The second kappa shape index (κ2) is 3.24. The van der Waals surface area contributed by atoms with Gasteiger partial charge in [0.2, 0.25) is 0 Å². The molecule has 0 atom stereocenters.